The summed E-state index contributed by atoms with van der Waals surface area (Å²) in [5.74, 6) is -0.381. The van der Waals surface area contributed by atoms with Crippen molar-refractivity contribution in [3.8, 4) is 43.1 Å². The average Bonchev–Trinajstić information content (AvgIpc) is 3.58. The van der Waals surface area contributed by atoms with Gasteiger partial charge in [-0.25, -0.2) is 0 Å². The van der Waals surface area contributed by atoms with Crippen LogP contribution in [0.3, 0.4) is 0 Å². The monoisotopic (exact) mass is 646 g/mol. The second-order valence-corrected chi connectivity index (χ2v) is 12.9. The molecule has 1 aromatic heterocycles. The molecular formula is C46H30O2S. The van der Waals surface area contributed by atoms with E-state index in [9.17, 15) is 0 Å². The van der Waals surface area contributed by atoms with E-state index in [4.69, 9.17) is 0 Å². The van der Waals surface area contributed by atoms with E-state index < -0.39 is 0 Å². The molecule has 0 aliphatic rings. The Labute approximate surface area is 289 Å². The topological polar surface area (TPSA) is 34.1 Å². The van der Waals surface area contributed by atoms with E-state index >= 15 is 9.59 Å². The van der Waals surface area contributed by atoms with Crippen LogP contribution in [-0.4, -0.2) is 11.6 Å². The van der Waals surface area contributed by atoms with E-state index in [1.807, 2.05) is 158 Å². The third-order valence-electron chi connectivity index (χ3n) is 8.88. The fourth-order valence-electron chi connectivity index (χ4n) is 6.70. The maximum absolute atomic E-state index is 15.2. The molecule has 8 aromatic rings. The van der Waals surface area contributed by atoms with Gasteiger partial charge < -0.3 is 0 Å². The third kappa shape index (κ3) is 5.50. The summed E-state index contributed by atoms with van der Waals surface area (Å²) < 4.78 is 0. The first kappa shape index (κ1) is 30.2. The van der Waals surface area contributed by atoms with Crippen molar-refractivity contribution in [3.05, 3.63) is 204 Å². The predicted octanol–water partition coefficient (Wildman–Crippen LogP) is 12.0. The van der Waals surface area contributed by atoms with Gasteiger partial charge >= 0.3 is 0 Å². The summed E-state index contributed by atoms with van der Waals surface area (Å²) >= 11 is 1.71. The minimum Gasteiger partial charge on any atom is -0.289 e. The Balaban J connectivity index is 1.68. The Morgan fingerprint density at radius 3 is 0.898 bits per heavy atom. The molecule has 0 spiro atoms. The van der Waals surface area contributed by atoms with Crippen LogP contribution in [0.5, 0.6) is 0 Å². The van der Waals surface area contributed by atoms with E-state index in [0.717, 1.165) is 53.9 Å². The third-order valence-corrected chi connectivity index (χ3v) is 10.2. The second-order valence-electron chi connectivity index (χ2n) is 11.9. The van der Waals surface area contributed by atoms with Crippen molar-refractivity contribution in [2.75, 3.05) is 0 Å². The van der Waals surface area contributed by atoms with Crippen LogP contribution >= 0.6 is 11.3 Å². The van der Waals surface area contributed by atoms with Crippen LogP contribution in [-0.2, 0) is 0 Å². The van der Waals surface area contributed by atoms with Gasteiger partial charge in [0.2, 0.25) is 0 Å². The Morgan fingerprint density at radius 1 is 0.327 bits per heavy atom. The first-order chi connectivity index (χ1) is 24.2. The van der Waals surface area contributed by atoms with Crippen LogP contribution in [0.15, 0.2) is 182 Å². The number of thiophene rings is 1. The molecule has 0 fully saturated rings. The predicted molar refractivity (Wildman–Crippen MR) is 203 cm³/mol. The van der Waals surface area contributed by atoms with Gasteiger partial charge in [0.15, 0.2) is 11.6 Å². The lowest BCUT2D eigenvalue weighted by Crippen LogP contribution is -2.15. The fourth-order valence-corrected chi connectivity index (χ4v) is 8.03. The Morgan fingerprint density at radius 2 is 0.592 bits per heavy atom. The summed E-state index contributed by atoms with van der Waals surface area (Å²) in [6.45, 7) is 0. The molecular weight excluding hydrogens is 617 g/mol. The highest BCUT2D eigenvalue weighted by molar-refractivity contribution is 7.21. The molecule has 0 amide bonds. The summed E-state index contributed by atoms with van der Waals surface area (Å²) in [7, 11) is 0. The van der Waals surface area contributed by atoms with Crippen molar-refractivity contribution in [2.24, 2.45) is 0 Å². The summed E-state index contributed by atoms with van der Waals surface area (Å²) in [5, 5.41) is 1.92. The second kappa shape index (κ2) is 13.2. The van der Waals surface area contributed by atoms with Crippen molar-refractivity contribution < 1.29 is 9.59 Å². The number of carbonyl (C=O) groups excluding carboxylic acids is 2. The van der Waals surface area contributed by atoms with Gasteiger partial charge in [-0.3, -0.25) is 9.59 Å². The van der Waals surface area contributed by atoms with Crippen LogP contribution in [0, 0.1) is 0 Å². The maximum Gasteiger partial charge on any atom is 0.194 e. The van der Waals surface area contributed by atoms with Crippen LogP contribution < -0.4 is 0 Å². The van der Waals surface area contributed by atoms with Gasteiger partial charge in [-0.15, -0.1) is 11.3 Å². The van der Waals surface area contributed by atoms with Gasteiger partial charge in [0.1, 0.15) is 0 Å². The molecule has 2 nitrogen and oxygen atoms in total. The lowest BCUT2D eigenvalue weighted by atomic mass is 9.78. The number of hydrogen-bond acceptors (Lipinski definition) is 3. The van der Waals surface area contributed by atoms with Crippen LogP contribution in [0.4, 0.5) is 0 Å². The van der Waals surface area contributed by atoms with E-state index in [-0.39, 0.29) is 11.6 Å². The number of hydrogen-bond donors (Lipinski definition) is 0. The smallest absolute Gasteiger partial charge is 0.194 e. The van der Waals surface area contributed by atoms with Gasteiger partial charge in [0.05, 0.1) is 0 Å². The minimum absolute atomic E-state index is 0.190. The Hall–Kier alpha value is -6.16. The first-order valence-electron chi connectivity index (χ1n) is 16.3. The molecule has 1 heterocycles. The zero-order valence-electron chi connectivity index (χ0n) is 26.5. The molecule has 0 bridgehead atoms. The fraction of sp³-hybridized carbons (Fsp3) is 0. The number of carbonyl (C=O) groups is 2. The SMILES string of the molecule is O=C(c1ccccc1)c1c(C(=O)c2ccccc2)c(-c2ccccc2)c2c(-c3ccccc3)sc(-c3ccccc3)c2c1-c1ccccc1. The number of ketones is 2. The van der Waals surface area contributed by atoms with Crippen LogP contribution in [0.2, 0.25) is 0 Å². The van der Waals surface area contributed by atoms with E-state index in [0.29, 0.717) is 22.3 Å². The highest BCUT2D eigenvalue weighted by Crippen LogP contribution is 2.54. The molecule has 0 saturated carbocycles. The highest BCUT2D eigenvalue weighted by Gasteiger charge is 2.34. The maximum atomic E-state index is 15.2. The Bertz CT molecular complexity index is 2240. The summed E-state index contributed by atoms with van der Waals surface area (Å²) in [4.78, 5) is 32.5. The standard InChI is InChI=1S/C46H30O2S/c47-43(33-23-11-3-12-24-33)39-37(31-19-7-1-8-20-31)41-42(46(36-29-17-6-18-30-36)49-45(41)35-27-15-5-16-28-35)38(32-21-9-2-10-22-32)40(39)44(48)34-25-13-4-14-26-34/h1-30H. The van der Waals surface area contributed by atoms with Crippen molar-refractivity contribution in [1.29, 1.82) is 0 Å². The first-order valence-corrected chi connectivity index (χ1v) is 17.1. The van der Waals surface area contributed by atoms with Gasteiger partial charge in [-0.05, 0) is 22.3 Å². The summed E-state index contributed by atoms with van der Waals surface area (Å²) in [6, 6.07) is 59.5. The Kier molecular flexibility index (Phi) is 8.10. The molecule has 232 valence electrons. The molecule has 0 aliphatic carbocycles. The molecule has 3 heteroatoms. The molecule has 0 radical (unpaired) electrons. The van der Waals surface area contributed by atoms with Crippen molar-refractivity contribution in [2.45, 2.75) is 0 Å². The summed E-state index contributed by atoms with van der Waals surface area (Å²) in [5.41, 5.74) is 7.26. The van der Waals surface area contributed by atoms with Gasteiger partial charge in [-0.1, -0.05) is 182 Å². The zero-order chi connectivity index (χ0) is 33.2. The normalized spacial score (nSPS) is 11.0. The van der Waals surface area contributed by atoms with E-state index in [1.54, 1.807) is 11.3 Å². The van der Waals surface area contributed by atoms with Crippen molar-refractivity contribution in [3.63, 3.8) is 0 Å². The molecule has 0 N–H and O–H groups in total. The lowest BCUT2D eigenvalue weighted by molar-refractivity contribution is 0.100. The van der Waals surface area contributed by atoms with E-state index in [1.165, 1.54) is 0 Å². The van der Waals surface area contributed by atoms with Crippen LogP contribution in [0.1, 0.15) is 31.8 Å². The zero-order valence-corrected chi connectivity index (χ0v) is 27.4. The number of fused-ring (bicyclic) bond motifs is 1. The van der Waals surface area contributed by atoms with Gasteiger partial charge in [0, 0.05) is 53.9 Å². The van der Waals surface area contributed by atoms with Crippen molar-refractivity contribution in [1.82, 2.24) is 0 Å². The molecule has 8 rings (SSSR count). The molecule has 0 saturated heterocycles. The largest absolute Gasteiger partial charge is 0.289 e. The molecule has 7 aromatic carbocycles. The quantitative estimate of drug-likeness (QED) is 0.154. The lowest BCUT2D eigenvalue weighted by Gasteiger charge is -2.22. The highest BCUT2D eigenvalue weighted by atomic mass is 32.1. The van der Waals surface area contributed by atoms with Crippen LogP contribution in [0.25, 0.3) is 53.9 Å². The van der Waals surface area contributed by atoms with E-state index in [2.05, 4.69) is 24.3 Å². The molecule has 0 unspecified atom stereocenters. The van der Waals surface area contributed by atoms with Gasteiger partial charge in [-0.2, -0.15) is 0 Å². The molecule has 49 heavy (non-hydrogen) atoms. The summed E-state index contributed by atoms with van der Waals surface area (Å²) in [6.07, 6.45) is 0. The van der Waals surface area contributed by atoms with Crippen molar-refractivity contribution >= 4 is 33.7 Å². The molecule has 0 aliphatic heterocycles. The minimum atomic E-state index is -0.190. The number of benzene rings is 7. The number of rotatable bonds is 8. The average molecular weight is 647 g/mol. The van der Waals surface area contributed by atoms with Gasteiger partial charge in [0.25, 0.3) is 0 Å². The molecule has 0 atom stereocenters.